The molecule has 0 fully saturated rings. The maximum atomic E-state index is 8.56. The first-order chi connectivity index (χ1) is 12.0. The lowest BCUT2D eigenvalue weighted by molar-refractivity contribution is 0.137. The maximum absolute atomic E-state index is 8.56. The van der Waals surface area contributed by atoms with Crippen LogP contribution in [0.25, 0.3) is 5.57 Å². The van der Waals surface area contributed by atoms with Gasteiger partial charge in [0.2, 0.25) is 0 Å². The van der Waals surface area contributed by atoms with Gasteiger partial charge in [-0.15, -0.1) is 0 Å². The predicted molar refractivity (Wildman–Crippen MR) is 98.5 cm³/mol. The van der Waals surface area contributed by atoms with Gasteiger partial charge in [0.1, 0.15) is 11.5 Å². The Kier molecular flexibility index (Phi) is 8.37. The van der Waals surface area contributed by atoms with Gasteiger partial charge < -0.3 is 19.7 Å². The molecule has 0 atom stereocenters. The zero-order valence-corrected chi connectivity index (χ0v) is 14.5. The molecular formula is C20H22O5. The Morgan fingerprint density at radius 2 is 1.56 bits per heavy atom. The molecule has 2 rings (SSSR count). The lowest BCUT2D eigenvalue weighted by Crippen LogP contribution is -1.93. The van der Waals surface area contributed by atoms with Gasteiger partial charge in [-0.2, -0.15) is 0 Å². The zero-order chi connectivity index (χ0) is 18.7. The number of carbonyl (C=O) groups is 1. The third-order valence-electron chi connectivity index (χ3n) is 3.25. The van der Waals surface area contributed by atoms with E-state index in [-0.39, 0.29) is 0 Å². The Labute approximate surface area is 147 Å². The van der Waals surface area contributed by atoms with E-state index in [9.17, 15) is 0 Å². The summed E-state index contributed by atoms with van der Waals surface area (Å²) in [6, 6.07) is 16.1. The van der Waals surface area contributed by atoms with Gasteiger partial charge in [0.15, 0.2) is 0 Å². The van der Waals surface area contributed by atoms with E-state index in [2.05, 4.69) is 24.3 Å². The van der Waals surface area contributed by atoms with Gasteiger partial charge in [0.25, 0.3) is 0 Å². The van der Waals surface area contributed by atoms with Crippen molar-refractivity contribution in [2.45, 2.75) is 6.92 Å². The molecule has 5 nitrogen and oxygen atoms in total. The molecule has 0 aromatic heterocycles. The quantitative estimate of drug-likeness (QED) is 0.753. The number of para-hydroxylation sites is 1. The molecule has 2 aromatic rings. The topological polar surface area (TPSA) is 76.0 Å². The molecule has 0 aliphatic carbocycles. The normalized spacial score (nSPS) is 10.8. The van der Waals surface area contributed by atoms with Crippen LogP contribution in [-0.2, 0) is 0 Å². The molecule has 0 amide bonds. The molecule has 0 aliphatic rings. The van der Waals surface area contributed by atoms with Crippen molar-refractivity contribution in [2.24, 2.45) is 0 Å². The van der Waals surface area contributed by atoms with Crippen LogP contribution in [0.4, 0.5) is 4.79 Å². The fraction of sp³-hybridized carbons (Fsp3) is 0.150. The molecule has 0 bridgehead atoms. The van der Waals surface area contributed by atoms with Crippen LogP contribution in [0.15, 0.2) is 66.8 Å². The van der Waals surface area contributed by atoms with Gasteiger partial charge >= 0.3 is 6.16 Å². The minimum atomic E-state index is -1.83. The lowest BCUT2D eigenvalue weighted by atomic mass is 9.96. The van der Waals surface area contributed by atoms with Crippen LogP contribution in [0.2, 0.25) is 0 Å². The Morgan fingerprint density at radius 1 is 0.960 bits per heavy atom. The van der Waals surface area contributed by atoms with E-state index in [4.69, 9.17) is 24.5 Å². The average molecular weight is 342 g/mol. The minimum absolute atomic E-state index is 0.851. The molecule has 132 valence electrons. The van der Waals surface area contributed by atoms with Gasteiger partial charge in [0, 0.05) is 5.56 Å². The first-order valence-electron chi connectivity index (χ1n) is 7.56. The molecule has 0 saturated heterocycles. The molecular weight excluding hydrogens is 320 g/mol. The summed E-state index contributed by atoms with van der Waals surface area (Å²) >= 11 is 0. The van der Waals surface area contributed by atoms with Crippen molar-refractivity contribution >= 4 is 11.7 Å². The molecule has 0 unspecified atom stereocenters. The highest BCUT2D eigenvalue weighted by Gasteiger charge is 2.09. The highest BCUT2D eigenvalue weighted by molar-refractivity contribution is 5.83. The van der Waals surface area contributed by atoms with Crippen molar-refractivity contribution in [3.8, 4) is 11.5 Å². The second-order valence-electron chi connectivity index (χ2n) is 4.82. The van der Waals surface area contributed by atoms with Crippen molar-refractivity contribution in [1.29, 1.82) is 0 Å². The minimum Gasteiger partial charge on any atom is -0.497 e. The number of hydrogen-bond acceptors (Lipinski definition) is 3. The van der Waals surface area contributed by atoms with Crippen molar-refractivity contribution in [1.82, 2.24) is 0 Å². The van der Waals surface area contributed by atoms with E-state index in [0.29, 0.717) is 0 Å². The van der Waals surface area contributed by atoms with Crippen molar-refractivity contribution < 1.29 is 24.5 Å². The third-order valence-corrected chi connectivity index (χ3v) is 3.25. The van der Waals surface area contributed by atoms with Gasteiger partial charge in [0.05, 0.1) is 14.2 Å². The Bertz CT molecular complexity index is 726. The number of benzene rings is 2. The monoisotopic (exact) mass is 342 g/mol. The summed E-state index contributed by atoms with van der Waals surface area (Å²) in [5.74, 6) is 1.72. The van der Waals surface area contributed by atoms with E-state index >= 15 is 0 Å². The fourth-order valence-corrected chi connectivity index (χ4v) is 2.17. The summed E-state index contributed by atoms with van der Waals surface area (Å²) in [6.45, 7) is 2.00. The van der Waals surface area contributed by atoms with E-state index in [1.807, 2.05) is 49.4 Å². The Morgan fingerprint density at radius 3 is 2.08 bits per heavy atom. The highest BCUT2D eigenvalue weighted by Crippen LogP contribution is 2.31. The van der Waals surface area contributed by atoms with Crippen LogP contribution in [-0.4, -0.2) is 30.6 Å². The SMILES string of the molecule is C/C=C/C=C(\c1ccc(OC)cc1)c1ccccc1OC.O=C(O)O. The van der Waals surface area contributed by atoms with E-state index < -0.39 is 6.16 Å². The molecule has 0 spiro atoms. The summed E-state index contributed by atoms with van der Waals surface area (Å²) in [7, 11) is 3.37. The van der Waals surface area contributed by atoms with Crippen LogP contribution in [0.5, 0.6) is 11.5 Å². The predicted octanol–water partition coefficient (Wildman–Crippen LogP) is 4.93. The zero-order valence-electron chi connectivity index (χ0n) is 14.5. The first-order valence-corrected chi connectivity index (χ1v) is 7.56. The smallest absolute Gasteiger partial charge is 0.497 e. The maximum Gasteiger partial charge on any atom is 0.503 e. The van der Waals surface area contributed by atoms with Crippen LogP contribution in [0.3, 0.4) is 0 Å². The summed E-state index contributed by atoms with van der Waals surface area (Å²) in [5.41, 5.74) is 3.31. The summed E-state index contributed by atoms with van der Waals surface area (Å²) < 4.78 is 10.7. The van der Waals surface area contributed by atoms with Crippen molar-refractivity contribution in [3.05, 3.63) is 77.9 Å². The van der Waals surface area contributed by atoms with Gasteiger partial charge in [-0.05, 0) is 36.3 Å². The average Bonchev–Trinajstić information content (AvgIpc) is 2.62. The Hall–Kier alpha value is -3.21. The molecule has 0 saturated carbocycles. The van der Waals surface area contributed by atoms with Gasteiger partial charge in [-0.3, -0.25) is 0 Å². The summed E-state index contributed by atoms with van der Waals surface area (Å²) in [5, 5.41) is 13.9. The summed E-state index contributed by atoms with van der Waals surface area (Å²) in [4.78, 5) is 8.56. The molecule has 0 radical (unpaired) electrons. The van der Waals surface area contributed by atoms with E-state index in [0.717, 1.165) is 28.2 Å². The lowest BCUT2D eigenvalue weighted by Gasteiger charge is -2.12. The second kappa shape index (κ2) is 10.5. The van der Waals surface area contributed by atoms with Crippen LogP contribution < -0.4 is 9.47 Å². The van der Waals surface area contributed by atoms with Gasteiger partial charge in [-0.1, -0.05) is 48.6 Å². The second-order valence-corrected chi connectivity index (χ2v) is 4.82. The van der Waals surface area contributed by atoms with E-state index in [1.54, 1.807) is 14.2 Å². The number of carboxylic acid groups (broad SMARTS) is 2. The molecule has 0 heterocycles. The Balaban J connectivity index is 0.000000705. The van der Waals surface area contributed by atoms with Crippen molar-refractivity contribution in [2.75, 3.05) is 14.2 Å². The highest BCUT2D eigenvalue weighted by atomic mass is 16.6. The number of ether oxygens (including phenoxy) is 2. The standard InChI is InChI=1S/C19H20O2.CH2O3/c1-4-5-8-17(15-11-13-16(20-2)14-12-15)18-9-6-7-10-19(18)21-3;2-1(3)4/h4-14H,1-3H3;(H2,2,3,4)/b5-4+,17-8+;. The number of methoxy groups -OCH3 is 2. The van der Waals surface area contributed by atoms with Crippen LogP contribution >= 0.6 is 0 Å². The van der Waals surface area contributed by atoms with Crippen LogP contribution in [0.1, 0.15) is 18.1 Å². The molecule has 5 heteroatoms. The number of hydrogen-bond donors (Lipinski definition) is 2. The molecule has 2 aromatic carbocycles. The van der Waals surface area contributed by atoms with Crippen LogP contribution in [0, 0.1) is 0 Å². The summed E-state index contributed by atoms with van der Waals surface area (Å²) in [6.07, 6.45) is 4.31. The number of rotatable bonds is 5. The van der Waals surface area contributed by atoms with Crippen molar-refractivity contribution in [3.63, 3.8) is 0 Å². The third kappa shape index (κ3) is 6.43. The molecule has 2 N–H and O–H groups in total. The van der Waals surface area contributed by atoms with E-state index in [1.165, 1.54) is 0 Å². The largest absolute Gasteiger partial charge is 0.503 e. The van der Waals surface area contributed by atoms with Gasteiger partial charge in [-0.25, -0.2) is 4.79 Å². The molecule has 25 heavy (non-hydrogen) atoms. The molecule has 0 aliphatic heterocycles. The first kappa shape index (κ1) is 19.8. The fourth-order valence-electron chi connectivity index (χ4n) is 2.17. The number of allylic oxidation sites excluding steroid dienone is 3.